The van der Waals surface area contributed by atoms with Crippen molar-refractivity contribution in [2.45, 2.75) is 45.3 Å². The van der Waals surface area contributed by atoms with E-state index in [-0.39, 0.29) is 0 Å². The number of fused-ring (bicyclic) bond motifs is 1. The van der Waals surface area contributed by atoms with Crippen molar-refractivity contribution in [1.82, 2.24) is 15.5 Å². The molecule has 0 radical (unpaired) electrons. The van der Waals surface area contributed by atoms with Gasteiger partial charge in [-0.15, -0.1) is 0 Å². The molecule has 0 saturated carbocycles. The number of hydrogen-bond donors (Lipinski definition) is 2. The van der Waals surface area contributed by atoms with Gasteiger partial charge in [-0.2, -0.15) is 0 Å². The predicted octanol–water partition coefficient (Wildman–Crippen LogP) is 2.54. The van der Waals surface area contributed by atoms with Gasteiger partial charge >= 0.3 is 0 Å². The summed E-state index contributed by atoms with van der Waals surface area (Å²) in [6.45, 7) is 8.81. The topological polar surface area (TPSA) is 27.3 Å². The van der Waals surface area contributed by atoms with Gasteiger partial charge in [0, 0.05) is 31.7 Å². The maximum atomic E-state index is 3.75. The molecule has 112 valence electrons. The summed E-state index contributed by atoms with van der Waals surface area (Å²) in [5, 5.41) is 7.26. The van der Waals surface area contributed by atoms with Crippen molar-refractivity contribution in [2.24, 2.45) is 0 Å². The van der Waals surface area contributed by atoms with E-state index in [4.69, 9.17) is 0 Å². The minimum absolute atomic E-state index is 0.492. The third-order valence-electron chi connectivity index (χ3n) is 4.55. The molecule has 1 heterocycles. The maximum absolute atomic E-state index is 3.75. The molecular formula is C17H29N3. The highest BCUT2D eigenvalue weighted by atomic mass is 15.1. The summed E-state index contributed by atoms with van der Waals surface area (Å²) in [5.41, 5.74) is 2.92. The van der Waals surface area contributed by atoms with Crippen LogP contribution in [-0.2, 0) is 6.54 Å². The third kappa shape index (κ3) is 4.05. The van der Waals surface area contributed by atoms with E-state index in [2.05, 4.69) is 60.7 Å². The Balaban J connectivity index is 1.89. The second-order valence-electron chi connectivity index (χ2n) is 5.91. The Labute approximate surface area is 123 Å². The lowest BCUT2D eigenvalue weighted by atomic mass is 9.99. The van der Waals surface area contributed by atoms with E-state index in [1.165, 1.54) is 24.0 Å². The highest BCUT2D eigenvalue weighted by Gasteiger charge is 2.17. The Morgan fingerprint density at radius 2 is 2.20 bits per heavy atom. The second kappa shape index (κ2) is 7.77. The van der Waals surface area contributed by atoms with E-state index in [0.29, 0.717) is 12.1 Å². The first-order chi connectivity index (χ1) is 9.72. The third-order valence-corrected chi connectivity index (χ3v) is 4.55. The molecule has 0 aromatic heterocycles. The Morgan fingerprint density at radius 1 is 1.40 bits per heavy atom. The van der Waals surface area contributed by atoms with Crippen LogP contribution < -0.4 is 10.6 Å². The summed E-state index contributed by atoms with van der Waals surface area (Å²) >= 11 is 0. The first-order valence-electron chi connectivity index (χ1n) is 7.94. The zero-order valence-electron chi connectivity index (χ0n) is 13.2. The molecule has 20 heavy (non-hydrogen) atoms. The van der Waals surface area contributed by atoms with E-state index in [0.717, 1.165) is 26.2 Å². The average molecular weight is 275 g/mol. The highest BCUT2D eigenvalue weighted by Crippen LogP contribution is 2.23. The fourth-order valence-corrected chi connectivity index (χ4v) is 2.82. The first-order valence-corrected chi connectivity index (χ1v) is 7.94. The molecule has 2 N–H and O–H groups in total. The van der Waals surface area contributed by atoms with Crippen molar-refractivity contribution in [2.75, 3.05) is 26.7 Å². The zero-order valence-corrected chi connectivity index (χ0v) is 13.2. The fourth-order valence-electron chi connectivity index (χ4n) is 2.82. The minimum atomic E-state index is 0.492. The second-order valence-corrected chi connectivity index (χ2v) is 5.91. The molecule has 1 aliphatic rings. The minimum Gasteiger partial charge on any atom is -0.313 e. The van der Waals surface area contributed by atoms with E-state index in [1.807, 2.05) is 0 Å². The van der Waals surface area contributed by atoms with E-state index in [9.17, 15) is 0 Å². The van der Waals surface area contributed by atoms with Gasteiger partial charge < -0.3 is 15.5 Å². The fraction of sp³-hybridized carbons (Fsp3) is 0.647. The Kier molecular flexibility index (Phi) is 6.02. The van der Waals surface area contributed by atoms with Crippen LogP contribution in [0.2, 0.25) is 0 Å². The molecule has 0 aliphatic carbocycles. The van der Waals surface area contributed by atoms with Gasteiger partial charge in [-0.3, -0.25) is 0 Å². The number of rotatable bonds is 6. The molecule has 0 fully saturated rings. The molecule has 1 aliphatic heterocycles. The van der Waals surface area contributed by atoms with Crippen molar-refractivity contribution in [3.63, 3.8) is 0 Å². The summed E-state index contributed by atoms with van der Waals surface area (Å²) < 4.78 is 0. The van der Waals surface area contributed by atoms with Crippen molar-refractivity contribution >= 4 is 0 Å². The molecule has 0 bridgehead atoms. The molecule has 2 atom stereocenters. The average Bonchev–Trinajstić information content (AvgIpc) is 2.69. The summed E-state index contributed by atoms with van der Waals surface area (Å²) in [7, 11) is 2.22. The van der Waals surface area contributed by atoms with Crippen LogP contribution in [-0.4, -0.2) is 37.6 Å². The lowest BCUT2D eigenvalue weighted by molar-refractivity contribution is 0.247. The van der Waals surface area contributed by atoms with Gasteiger partial charge in [0.15, 0.2) is 0 Å². The molecule has 3 nitrogen and oxygen atoms in total. The molecule has 0 spiro atoms. The number of likely N-dealkylation sites (N-methyl/N-ethyl adjacent to an activating group) is 1. The summed E-state index contributed by atoms with van der Waals surface area (Å²) in [5.74, 6) is 0. The van der Waals surface area contributed by atoms with Crippen molar-refractivity contribution in [3.05, 3.63) is 35.4 Å². The van der Waals surface area contributed by atoms with Gasteiger partial charge in [-0.1, -0.05) is 31.2 Å². The standard InChI is InChI=1S/C17H29N3/c1-4-14(2)20(3)12-11-19-17-9-10-18-13-15-7-5-6-8-16(15)17/h5-8,14,17-19H,4,9-13H2,1-3H3. The Bertz CT molecular complexity index is 405. The Morgan fingerprint density at radius 3 is 3.00 bits per heavy atom. The van der Waals surface area contributed by atoms with Crippen LogP contribution in [0.15, 0.2) is 24.3 Å². The van der Waals surface area contributed by atoms with Gasteiger partial charge in [0.1, 0.15) is 0 Å². The molecule has 3 heteroatoms. The number of nitrogens with one attached hydrogen (secondary N) is 2. The monoisotopic (exact) mass is 275 g/mol. The lowest BCUT2D eigenvalue weighted by Gasteiger charge is -2.25. The van der Waals surface area contributed by atoms with Gasteiger partial charge in [-0.05, 0) is 44.5 Å². The predicted molar refractivity (Wildman–Crippen MR) is 85.9 cm³/mol. The van der Waals surface area contributed by atoms with Crippen LogP contribution >= 0.6 is 0 Å². The molecule has 0 amide bonds. The lowest BCUT2D eigenvalue weighted by Crippen LogP contribution is -2.36. The number of nitrogens with zero attached hydrogens (tertiary/aromatic N) is 1. The molecule has 2 unspecified atom stereocenters. The zero-order chi connectivity index (χ0) is 14.4. The number of hydrogen-bond acceptors (Lipinski definition) is 3. The van der Waals surface area contributed by atoms with Gasteiger partial charge in [0.25, 0.3) is 0 Å². The molecule has 2 rings (SSSR count). The van der Waals surface area contributed by atoms with Crippen molar-refractivity contribution in [3.8, 4) is 0 Å². The largest absolute Gasteiger partial charge is 0.313 e. The van der Waals surface area contributed by atoms with Crippen LogP contribution in [0.5, 0.6) is 0 Å². The Hall–Kier alpha value is -0.900. The van der Waals surface area contributed by atoms with E-state index in [1.54, 1.807) is 0 Å². The molecular weight excluding hydrogens is 246 g/mol. The van der Waals surface area contributed by atoms with E-state index >= 15 is 0 Å². The maximum Gasteiger partial charge on any atom is 0.0336 e. The molecule has 1 aromatic carbocycles. The van der Waals surface area contributed by atoms with Crippen LogP contribution in [0.4, 0.5) is 0 Å². The van der Waals surface area contributed by atoms with E-state index < -0.39 is 0 Å². The molecule has 0 saturated heterocycles. The SMILES string of the molecule is CCC(C)N(C)CCNC1CCNCc2ccccc21. The van der Waals surface area contributed by atoms with Crippen LogP contribution in [0, 0.1) is 0 Å². The highest BCUT2D eigenvalue weighted by molar-refractivity contribution is 5.30. The molecule has 1 aromatic rings. The van der Waals surface area contributed by atoms with Crippen LogP contribution in [0.1, 0.15) is 43.9 Å². The van der Waals surface area contributed by atoms with Gasteiger partial charge in [-0.25, -0.2) is 0 Å². The van der Waals surface area contributed by atoms with Gasteiger partial charge in [0.05, 0.1) is 0 Å². The smallest absolute Gasteiger partial charge is 0.0336 e. The van der Waals surface area contributed by atoms with Gasteiger partial charge in [0.2, 0.25) is 0 Å². The normalized spacial score (nSPS) is 20.5. The van der Waals surface area contributed by atoms with Crippen molar-refractivity contribution < 1.29 is 0 Å². The summed E-state index contributed by atoms with van der Waals surface area (Å²) in [4.78, 5) is 2.44. The first kappa shape index (κ1) is 15.5. The van der Waals surface area contributed by atoms with Crippen molar-refractivity contribution in [1.29, 1.82) is 0 Å². The van der Waals surface area contributed by atoms with Crippen LogP contribution in [0.3, 0.4) is 0 Å². The summed E-state index contributed by atoms with van der Waals surface area (Å²) in [6, 6.07) is 9.97. The quantitative estimate of drug-likeness (QED) is 0.835. The van der Waals surface area contributed by atoms with Crippen LogP contribution in [0.25, 0.3) is 0 Å². The number of benzene rings is 1. The summed E-state index contributed by atoms with van der Waals surface area (Å²) in [6.07, 6.45) is 2.39.